The Hall–Kier alpha value is -3.48. The molecule has 7 nitrogen and oxygen atoms in total. The second-order valence-electron chi connectivity index (χ2n) is 6.72. The van der Waals surface area contributed by atoms with Gasteiger partial charge in [0.05, 0.1) is 29.5 Å². The molecule has 0 saturated carbocycles. The average Bonchev–Trinajstić information content (AvgIpc) is 2.67. The van der Waals surface area contributed by atoms with Gasteiger partial charge in [0, 0.05) is 17.8 Å². The number of aryl methyl sites for hydroxylation is 1. The van der Waals surface area contributed by atoms with E-state index in [0.717, 1.165) is 0 Å². The molecule has 0 unspecified atom stereocenters. The predicted octanol–water partition coefficient (Wildman–Crippen LogP) is 2.56. The molecular weight excluding hydrogens is 356 g/mol. The molecule has 2 amide bonds. The van der Waals surface area contributed by atoms with Gasteiger partial charge in [0.15, 0.2) is 0 Å². The molecule has 1 heterocycles. The zero-order chi connectivity index (χ0) is 20.1. The van der Waals surface area contributed by atoms with E-state index in [-0.39, 0.29) is 29.7 Å². The van der Waals surface area contributed by atoms with Crippen molar-refractivity contribution < 1.29 is 9.59 Å². The summed E-state index contributed by atoms with van der Waals surface area (Å²) in [5.41, 5.74) is 1.40. The van der Waals surface area contributed by atoms with E-state index < -0.39 is 0 Å². The maximum atomic E-state index is 12.4. The molecule has 1 aromatic heterocycles. The SMILES string of the molecule is CC(C)NC(=O)c1ccccc1NC(=O)CCn1ncc(=O)c2ccccc21. The number of hydrogen-bond acceptors (Lipinski definition) is 4. The highest BCUT2D eigenvalue weighted by Gasteiger charge is 2.14. The van der Waals surface area contributed by atoms with Crippen molar-refractivity contribution in [1.82, 2.24) is 15.1 Å². The summed E-state index contributed by atoms with van der Waals surface area (Å²) < 4.78 is 1.63. The molecule has 2 N–H and O–H groups in total. The van der Waals surface area contributed by atoms with Crippen molar-refractivity contribution in [2.24, 2.45) is 0 Å². The molecule has 0 spiro atoms. The Morgan fingerprint density at radius 3 is 2.57 bits per heavy atom. The number of nitrogens with one attached hydrogen (secondary N) is 2. The van der Waals surface area contributed by atoms with Crippen LogP contribution in [0.5, 0.6) is 0 Å². The Morgan fingerprint density at radius 1 is 1.07 bits per heavy atom. The van der Waals surface area contributed by atoms with Gasteiger partial charge in [-0.3, -0.25) is 19.1 Å². The summed E-state index contributed by atoms with van der Waals surface area (Å²) in [7, 11) is 0. The standard InChI is InChI=1S/C21H22N4O3/c1-14(2)23-21(28)15-7-3-5-9-17(15)24-20(27)11-12-25-18-10-6-4-8-16(18)19(26)13-22-25/h3-10,13-14H,11-12H2,1-2H3,(H,23,28)(H,24,27). The summed E-state index contributed by atoms with van der Waals surface area (Å²) in [6, 6.07) is 14.0. The van der Waals surface area contributed by atoms with Crippen molar-refractivity contribution in [2.45, 2.75) is 32.9 Å². The topological polar surface area (TPSA) is 93.1 Å². The molecule has 0 radical (unpaired) electrons. The average molecular weight is 378 g/mol. The van der Waals surface area contributed by atoms with Crippen molar-refractivity contribution >= 4 is 28.4 Å². The number of benzene rings is 2. The van der Waals surface area contributed by atoms with Crippen LogP contribution in [-0.4, -0.2) is 27.6 Å². The van der Waals surface area contributed by atoms with Crippen molar-refractivity contribution in [2.75, 3.05) is 5.32 Å². The van der Waals surface area contributed by atoms with Crippen LogP contribution in [0.1, 0.15) is 30.6 Å². The van der Waals surface area contributed by atoms with Crippen molar-refractivity contribution in [1.29, 1.82) is 0 Å². The molecular formula is C21H22N4O3. The summed E-state index contributed by atoms with van der Waals surface area (Å²) in [6.07, 6.45) is 1.41. The molecule has 144 valence electrons. The van der Waals surface area contributed by atoms with E-state index in [1.54, 1.807) is 47.1 Å². The number of amides is 2. The fourth-order valence-electron chi connectivity index (χ4n) is 2.89. The highest BCUT2D eigenvalue weighted by molar-refractivity contribution is 6.03. The van der Waals surface area contributed by atoms with Crippen LogP contribution in [-0.2, 0) is 11.3 Å². The Labute approximate surface area is 162 Å². The van der Waals surface area contributed by atoms with Gasteiger partial charge >= 0.3 is 0 Å². The fraction of sp³-hybridized carbons (Fsp3) is 0.238. The first-order chi connectivity index (χ1) is 13.5. The quantitative estimate of drug-likeness (QED) is 0.689. The number of rotatable bonds is 6. The van der Waals surface area contributed by atoms with E-state index in [2.05, 4.69) is 15.7 Å². The van der Waals surface area contributed by atoms with Crippen LogP contribution in [0.2, 0.25) is 0 Å². The molecule has 0 bridgehead atoms. The van der Waals surface area contributed by atoms with Crippen LogP contribution in [0, 0.1) is 0 Å². The van der Waals surface area contributed by atoms with Gasteiger partial charge in [0.2, 0.25) is 11.3 Å². The van der Waals surface area contributed by atoms with Gasteiger partial charge in [-0.2, -0.15) is 5.10 Å². The van der Waals surface area contributed by atoms with Gasteiger partial charge in [-0.15, -0.1) is 0 Å². The van der Waals surface area contributed by atoms with Crippen LogP contribution in [0.3, 0.4) is 0 Å². The largest absolute Gasteiger partial charge is 0.350 e. The molecule has 0 aliphatic carbocycles. The van der Waals surface area contributed by atoms with Crippen LogP contribution in [0.15, 0.2) is 59.5 Å². The van der Waals surface area contributed by atoms with E-state index >= 15 is 0 Å². The van der Waals surface area contributed by atoms with Crippen molar-refractivity contribution in [3.8, 4) is 0 Å². The zero-order valence-electron chi connectivity index (χ0n) is 15.8. The van der Waals surface area contributed by atoms with Gasteiger partial charge in [0.25, 0.3) is 5.91 Å². The van der Waals surface area contributed by atoms with E-state index in [1.165, 1.54) is 6.20 Å². The number of carbonyl (C=O) groups excluding carboxylic acids is 2. The summed E-state index contributed by atoms with van der Waals surface area (Å²) in [5, 5.41) is 10.3. The minimum atomic E-state index is -0.241. The van der Waals surface area contributed by atoms with E-state index in [9.17, 15) is 14.4 Å². The number of anilines is 1. The molecule has 7 heteroatoms. The third-order valence-electron chi connectivity index (χ3n) is 4.18. The molecule has 0 aliphatic rings. The number of hydrogen-bond donors (Lipinski definition) is 2. The highest BCUT2D eigenvalue weighted by Crippen LogP contribution is 2.16. The summed E-state index contributed by atoms with van der Waals surface area (Å²) >= 11 is 0. The second kappa shape index (κ2) is 8.47. The van der Waals surface area contributed by atoms with Gasteiger partial charge in [0.1, 0.15) is 0 Å². The predicted molar refractivity (Wildman–Crippen MR) is 108 cm³/mol. The molecule has 0 atom stereocenters. The number of aromatic nitrogens is 2. The van der Waals surface area contributed by atoms with Crippen LogP contribution >= 0.6 is 0 Å². The summed E-state index contributed by atoms with van der Waals surface area (Å²) in [5.74, 6) is -0.478. The van der Waals surface area contributed by atoms with Gasteiger partial charge in [-0.1, -0.05) is 24.3 Å². The zero-order valence-corrected chi connectivity index (χ0v) is 15.8. The molecule has 2 aromatic carbocycles. The number of para-hydroxylation sites is 2. The minimum absolute atomic E-state index is 0.00370. The van der Waals surface area contributed by atoms with Crippen LogP contribution in [0.25, 0.3) is 10.9 Å². The first-order valence-electron chi connectivity index (χ1n) is 9.10. The smallest absolute Gasteiger partial charge is 0.253 e. The maximum Gasteiger partial charge on any atom is 0.253 e. The molecule has 0 saturated heterocycles. The molecule has 28 heavy (non-hydrogen) atoms. The Bertz CT molecular complexity index is 1070. The number of nitrogens with zero attached hydrogens (tertiary/aromatic N) is 2. The van der Waals surface area contributed by atoms with Gasteiger partial charge in [-0.05, 0) is 38.1 Å². The molecule has 0 aliphatic heterocycles. The number of carbonyl (C=O) groups is 2. The summed E-state index contributed by atoms with van der Waals surface area (Å²) in [6.45, 7) is 4.06. The van der Waals surface area contributed by atoms with E-state index in [1.807, 2.05) is 19.9 Å². The van der Waals surface area contributed by atoms with Gasteiger partial charge < -0.3 is 10.6 Å². The monoisotopic (exact) mass is 378 g/mol. The highest BCUT2D eigenvalue weighted by atomic mass is 16.2. The van der Waals surface area contributed by atoms with Crippen LogP contribution in [0.4, 0.5) is 5.69 Å². The molecule has 0 fully saturated rings. The lowest BCUT2D eigenvalue weighted by molar-refractivity contribution is -0.116. The third kappa shape index (κ3) is 4.43. The molecule has 3 rings (SSSR count). The van der Waals surface area contributed by atoms with E-state index in [4.69, 9.17) is 0 Å². The third-order valence-corrected chi connectivity index (χ3v) is 4.18. The van der Waals surface area contributed by atoms with E-state index in [0.29, 0.717) is 28.7 Å². The lowest BCUT2D eigenvalue weighted by Gasteiger charge is -2.13. The molecule has 3 aromatic rings. The Morgan fingerprint density at radius 2 is 1.79 bits per heavy atom. The Balaban J connectivity index is 1.72. The van der Waals surface area contributed by atoms with Crippen LogP contribution < -0.4 is 16.1 Å². The fourth-order valence-corrected chi connectivity index (χ4v) is 2.89. The first kappa shape index (κ1) is 19.3. The lowest BCUT2D eigenvalue weighted by Crippen LogP contribution is -2.31. The normalized spacial score (nSPS) is 10.8. The minimum Gasteiger partial charge on any atom is -0.350 e. The van der Waals surface area contributed by atoms with Crippen molar-refractivity contribution in [3.05, 3.63) is 70.5 Å². The summed E-state index contributed by atoms with van der Waals surface area (Å²) in [4.78, 5) is 36.6. The maximum absolute atomic E-state index is 12.4. The van der Waals surface area contributed by atoms with Gasteiger partial charge in [-0.25, -0.2) is 0 Å². The van der Waals surface area contributed by atoms with Crippen molar-refractivity contribution in [3.63, 3.8) is 0 Å². The first-order valence-corrected chi connectivity index (χ1v) is 9.10. The number of fused-ring (bicyclic) bond motifs is 1. The lowest BCUT2D eigenvalue weighted by atomic mass is 10.1. The Kier molecular flexibility index (Phi) is 5.84. The second-order valence-corrected chi connectivity index (χ2v) is 6.72.